The van der Waals surface area contributed by atoms with Gasteiger partial charge in [0.05, 0.1) is 6.61 Å². The van der Waals surface area contributed by atoms with E-state index in [-0.39, 0.29) is 6.61 Å². The molecule has 0 aliphatic heterocycles. The lowest BCUT2D eigenvalue weighted by Gasteiger charge is -2.29. The van der Waals surface area contributed by atoms with Gasteiger partial charge in [0.15, 0.2) is 0 Å². The maximum atomic E-state index is 10.5. The Bertz CT molecular complexity index is 400. The van der Waals surface area contributed by atoms with Crippen LogP contribution in [0, 0.1) is 0 Å². The maximum Gasteiger partial charge on any atom is 0.243 e. The topological polar surface area (TPSA) is 64.4 Å². The van der Waals surface area contributed by atoms with E-state index in [0.717, 1.165) is 6.54 Å². The molecule has 0 unspecified atom stereocenters. The number of nitrogens with two attached hydrogens (primary N) is 1. The van der Waals surface area contributed by atoms with Crippen LogP contribution >= 0.6 is 0 Å². The van der Waals surface area contributed by atoms with Crippen molar-refractivity contribution in [3.8, 4) is 0 Å². The number of carbonyl (C=O) groups excluding carboxylic acids is 1. The van der Waals surface area contributed by atoms with E-state index in [4.69, 9.17) is 10.5 Å². The van der Waals surface area contributed by atoms with Gasteiger partial charge in [-0.1, -0.05) is 30.3 Å². The van der Waals surface area contributed by atoms with Crippen molar-refractivity contribution in [2.75, 3.05) is 19.8 Å². The fraction of sp³-hybridized carbons (Fsp3) is 0.562. The van der Waals surface area contributed by atoms with Crippen molar-refractivity contribution in [1.29, 1.82) is 0 Å². The molecule has 0 saturated heterocycles. The molecule has 1 amide bonds. The first-order valence-electron chi connectivity index (χ1n) is 7.40. The van der Waals surface area contributed by atoms with Crippen molar-refractivity contribution in [3.05, 3.63) is 35.9 Å². The summed E-state index contributed by atoms with van der Waals surface area (Å²) in [4.78, 5) is 10.5. The van der Waals surface area contributed by atoms with Crippen LogP contribution in [0.15, 0.2) is 30.3 Å². The van der Waals surface area contributed by atoms with Gasteiger partial charge in [0.1, 0.15) is 6.61 Å². The lowest BCUT2D eigenvalue weighted by atomic mass is 9.82. The molecule has 4 nitrogen and oxygen atoms in total. The molecule has 1 aliphatic carbocycles. The summed E-state index contributed by atoms with van der Waals surface area (Å²) in [6.07, 6.45) is 4.89. The van der Waals surface area contributed by atoms with Gasteiger partial charge in [-0.15, -0.1) is 0 Å². The number of carbonyl (C=O) groups is 1. The molecular formula is C16H24N2O2. The lowest BCUT2D eigenvalue weighted by molar-refractivity contribution is -0.122. The van der Waals surface area contributed by atoms with E-state index in [2.05, 4.69) is 35.6 Å². The molecule has 1 aromatic carbocycles. The Morgan fingerprint density at radius 1 is 1.20 bits per heavy atom. The number of rotatable bonds is 7. The molecule has 0 heterocycles. The van der Waals surface area contributed by atoms with E-state index in [1.807, 2.05) is 0 Å². The molecule has 1 fully saturated rings. The zero-order valence-corrected chi connectivity index (χ0v) is 11.9. The molecule has 0 bridgehead atoms. The summed E-state index contributed by atoms with van der Waals surface area (Å²) in [7, 11) is 0. The van der Waals surface area contributed by atoms with Crippen molar-refractivity contribution >= 4 is 5.91 Å². The molecule has 110 valence electrons. The van der Waals surface area contributed by atoms with E-state index in [1.54, 1.807) is 0 Å². The number of nitrogens with one attached hydrogen (secondary N) is 1. The zero-order valence-electron chi connectivity index (χ0n) is 11.9. The molecule has 20 heavy (non-hydrogen) atoms. The summed E-state index contributed by atoms with van der Waals surface area (Å²) >= 11 is 0. The predicted octanol–water partition coefficient (Wildman–Crippen LogP) is 1.80. The Labute approximate surface area is 120 Å². The van der Waals surface area contributed by atoms with Crippen LogP contribution in [0.1, 0.15) is 37.2 Å². The number of hydrogen-bond donors (Lipinski definition) is 2. The van der Waals surface area contributed by atoms with Gasteiger partial charge in [0, 0.05) is 12.6 Å². The SMILES string of the molecule is NC(=O)COCCNC1CCC(c2ccccc2)CC1. The Hall–Kier alpha value is -1.39. The fourth-order valence-corrected chi connectivity index (χ4v) is 2.86. The summed E-state index contributed by atoms with van der Waals surface area (Å²) < 4.78 is 5.14. The van der Waals surface area contributed by atoms with Gasteiger partial charge in [-0.25, -0.2) is 0 Å². The first-order chi connectivity index (χ1) is 9.75. The molecule has 0 atom stereocenters. The molecule has 0 radical (unpaired) electrons. The fourth-order valence-electron chi connectivity index (χ4n) is 2.86. The van der Waals surface area contributed by atoms with E-state index in [0.29, 0.717) is 18.6 Å². The predicted molar refractivity (Wildman–Crippen MR) is 79.5 cm³/mol. The standard InChI is InChI=1S/C16H24N2O2/c17-16(19)12-20-11-10-18-15-8-6-14(7-9-15)13-4-2-1-3-5-13/h1-5,14-15,18H,6-12H2,(H2,17,19). The van der Waals surface area contributed by atoms with Gasteiger partial charge in [0.25, 0.3) is 0 Å². The third-order valence-electron chi connectivity index (χ3n) is 3.92. The smallest absolute Gasteiger partial charge is 0.243 e. The van der Waals surface area contributed by atoms with Gasteiger partial charge < -0.3 is 15.8 Å². The van der Waals surface area contributed by atoms with Crippen molar-refractivity contribution in [2.45, 2.75) is 37.6 Å². The van der Waals surface area contributed by atoms with Crippen LogP contribution in [0.2, 0.25) is 0 Å². The van der Waals surface area contributed by atoms with Crippen molar-refractivity contribution in [2.24, 2.45) is 5.73 Å². The Kier molecular flexibility index (Phi) is 6.02. The lowest BCUT2D eigenvalue weighted by Crippen LogP contribution is -2.35. The summed E-state index contributed by atoms with van der Waals surface area (Å²) in [6.45, 7) is 1.35. The molecule has 3 N–H and O–H groups in total. The number of hydrogen-bond acceptors (Lipinski definition) is 3. The number of primary amides is 1. The van der Waals surface area contributed by atoms with E-state index in [9.17, 15) is 4.79 Å². The molecule has 1 saturated carbocycles. The Morgan fingerprint density at radius 3 is 2.55 bits per heavy atom. The van der Waals surface area contributed by atoms with Crippen LogP contribution in [-0.2, 0) is 9.53 Å². The van der Waals surface area contributed by atoms with E-state index >= 15 is 0 Å². The van der Waals surface area contributed by atoms with Crippen molar-refractivity contribution in [1.82, 2.24) is 5.32 Å². The minimum atomic E-state index is -0.409. The first kappa shape index (κ1) is 15.0. The molecular weight excluding hydrogens is 252 g/mol. The number of amides is 1. The second-order valence-corrected chi connectivity index (χ2v) is 5.43. The van der Waals surface area contributed by atoms with Crippen LogP contribution in [0.4, 0.5) is 0 Å². The van der Waals surface area contributed by atoms with Crippen LogP contribution in [0.25, 0.3) is 0 Å². The molecule has 0 aromatic heterocycles. The van der Waals surface area contributed by atoms with Gasteiger partial charge >= 0.3 is 0 Å². The highest BCUT2D eigenvalue weighted by Gasteiger charge is 2.21. The monoisotopic (exact) mass is 276 g/mol. The zero-order chi connectivity index (χ0) is 14.2. The number of ether oxygens (including phenoxy) is 1. The third-order valence-corrected chi connectivity index (χ3v) is 3.92. The van der Waals surface area contributed by atoms with E-state index < -0.39 is 5.91 Å². The van der Waals surface area contributed by atoms with Gasteiger partial charge in [-0.2, -0.15) is 0 Å². The largest absolute Gasteiger partial charge is 0.370 e. The van der Waals surface area contributed by atoms with Crippen molar-refractivity contribution < 1.29 is 9.53 Å². The van der Waals surface area contributed by atoms with Crippen LogP contribution in [-0.4, -0.2) is 31.7 Å². The summed E-state index contributed by atoms with van der Waals surface area (Å²) in [5.41, 5.74) is 6.47. The Balaban J connectivity index is 1.61. The average molecular weight is 276 g/mol. The van der Waals surface area contributed by atoms with E-state index in [1.165, 1.54) is 31.2 Å². The van der Waals surface area contributed by atoms with Crippen molar-refractivity contribution in [3.63, 3.8) is 0 Å². The minimum absolute atomic E-state index is 0.0163. The third kappa shape index (κ3) is 4.94. The summed E-state index contributed by atoms with van der Waals surface area (Å²) in [5, 5.41) is 3.49. The highest BCUT2D eigenvalue weighted by atomic mass is 16.5. The molecule has 1 aliphatic rings. The second-order valence-electron chi connectivity index (χ2n) is 5.43. The Morgan fingerprint density at radius 2 is 1.90 bits per heavy atom. The summed E-state index contributed by atoms with van der Waals surface area (Å²) in [6, 6.07) is 11.4. The highest BCUT2D eigenvalue weighted by molar-refractivity contribution is 5.74. The van der Waals surface area contributed by atoms with Gasteiger partial charge in [-0.3, -0.25) is 4.79 Å². The highest BCUT2D eigenvalue weighted by Crippen LogP contribution is 2.32. The maximum absolute atomic E-state index is 10.5. The van der Waals surface area contributed by atoms with Crippen LogP contribution in [0.3, 0.4) is 0 Å². The number of benzene rings is 1. The van der Waals surface area contributed by atoms with Crippen LogP contribution < -0.4 is 11.1 Å². The second kappa shape index (κ2) is 8.02. The quantitative estimate of drug-likeness (QED) is 0.746. The normalized spacial score (nSPS) is 22.6. The van der Waals surface area contributed by atoms with Gasteiger partial charge in [-0.05, 0) is 37.2 Å². The first-order valence-corrected chi connectivity index (χ1v) is 7.40. The summed E-state index contributed by atoms with van der Waals surface area (Å²) in [5.74, 6) is 0.300. The average Bonchev–Trinajstić information content (AvgIpc) is 2.48. The molecule has 2 rings (SSSR count). The molecule has 1 aromatic rings. The molecule has 0 spiro atoms. The molecule has 4 heteroatoms. The van der Waals surface area contributed by atoms with Crippen LogP contribution in [0.5, 0.6) is 0 Å². The van der Waals surface area contributed by atoms with Gasteiger partial charge in [0.2, 0.25) is 5.91 Å². The minimum Gasteiger partial charge on any atom is -0.370 e.